The van der Waals surface area contributed by atoms with Crippen LogP contribution in [0.25, 0.3) is 0 Å². The van der Waals surface area contributed by atoms with E-state index >= 15 is 0 Å². The molecule has 0 fully saturated rings. The number of hydrogen-bond donors (Lipinski definition) is 4. The molecule has 0 aromatic carbocycles. The largest absolute Gasteiger partial charge is 0.394 e. The molecule has 0 unspecified atom stereocenters. The molecular weight excluding hydrogens is 171 g/mol. The third-order valence-corrected chi connectivity index (χ3v) is 1.37. The van der Waals surface area contributed by atoms with E-state index in [1.807, 2.05) is 0 Å². The zero-order valence-corrected chi connectivity index (χ0v) is 6.22. The zero-order valence-electron chi connectivity index (χ0n) is 6.22. The van der Waals surface area contributed by atoms with Gasteiger partial charge in [0, 0.05) is 0 Å². The number of aliphatic hydroxyl groups excluding tert-OH is 4. The van der Waals surface area contributed by atoms with Gasteiger partial charge in [-0.3, -0.25) is 4.79 Å². The minimum absolute atomic E-state index is 0.808. The number of halogens is 1. The molecule has 0 rings (SSSR count). The Morgan fingerprint density at radius 1 is 1.33 bits per heavy atom. The van der Waals surface area contributed by atoms with Gasteiger partial charge in [0.25, 0.3) is 0 Å². The highest BCUT2D eigenvalue weighted by molar-refractivity contribution is 5.84. The SMILES string of the molecule is O=C(CF)[C@H](O)[C@H](O)[C@H](O)CO. The Hall–Kier alpha value is -0.560. The van der Waals surface area contributed by atoms with Crippen LogP contribution in [0.15, 0.2) is 0 Å². The normalized spacial score (nSPS) is 18.4. The van der Waals surface area contributed by atoms with E-state index in [1.165, 1.54) is 0 Å². The molecule has 0 bridgehead atoms. The molecule has 0 radical (unpaired) electrons. The fourth-order valence-corrected chi connectivity index (χ4v) is 0.588. The third-order valence-electron chi connectivity index (χ3n) is 1.37. The number of ketones is 1. The van der Waals surface area contributed by atoms with Crippen molar-refractivity contribution in [1.29, 1.82) is 0 Å². The molecule has 0 amide bonds. The fourth-order valence-electron chi connectivity index (χ4n) is 0.588. The molecule has 6 heteroatoms. The molecule has 0 spiro atoms. The van der Waals surface area contributed by atoms with Crippen molar-refractivity contribution in [2.75, 3.05) is 13.3 Å². The summed E-state index contributed by atoms with van der Waals surface area (Å²) in [6.07, 6.45) is -5.48. The lowest BCUT2D eigenvalue weighted by Crippen LogP contribution is -2.44. The van der Waals surface area contributed by atoms with Crippen LogP contribution in [0, 0.1) is 0 Å². The van der Waals surface area contributed by atoms with Gasteiger partial charge < -0.3 is 20.4 Å². The second-order valence-corrected chi connectivity index (χ2v) is 2.29. The highest BCUT2D eigenvalue weighted by Crippen LogP contribution is 2.01. The summed E-state index contributed by atoms with van der Waals surface area (Å²) in [6.45, 7) is -2.23. The molecule has 0 aromatic rings. The molecule has 0 aliphatic rings. The molecule has 3 atom stereocenters. The molecule has 12 heavy (non-hydrogen) atoms. The van der Waals surface area contributed by atoms with Gasteiger partial charge in [0.2, 0.25) is 0 Å². The van der Waals surface area contributed by atoms with E-state index in [-0.39, 0.29) is 0 Å². The second-order valence-electron chi connectivity index (χ2n) is 2.29. The topological polar surface area (TPSA) is 98.0 Å². The molecule has 0 saturated heterocycles. The Morgan fingerprint density at radius 2 is 1.83 bits per heavy atom. The lowest BCUT2D eigenvalue weighted by atomic mass is 10.1. The van der Waals surface area contributed by atoms with E-state index in [1.54, 1.807) is 0 Å². The van der Waals surface area contributed by atoms with E-state index < -0.39 is 37.4 Å². The van der Waals surface area contributed by atoms with Crippen LogP contribution in [-0.2, 0) is 4.79 Å². The number of rotatable bonds is 5. The Balaban J connectivity index is 4.08. The molecule has 4 N–H and O–H groups in total. The summed E-state index contributed by atoms with van der Waals surface area (Å²) in [5, 5.41) is 34.6. The minimum atomic E-state index is -1.99. The summed E-state index contributed by atoms with van der Waals surface area (Å²) in [6, 6.07) is 0. The van der Waals surface area contributed by atoms with Crippen LogP contribution in [0.2, 0.25) is 0 Å². The quantitative estimate of drug-likeness (QED) is 0.380. The van der Waals surface area contributed by atoms with Gasteiger partial charge in [0.15, 0.2) is 12.5 Å². The van der Waals surface area contributed by atoms with Crippen LogP contribution in [-0.4, -0.2) is 57.8 Å². The van der Waals surface area contributed by atoms with Crippen molar-refractivity contribution < 1.29 is 29.6 Å². The van der Waals surface area contributed by atoms with Crippen LogP contribution < -0.4 is 0 Å². The Labute approximate surface area is 68.1 Å². The number of hydrogen-bond acceptors (Lipinski definition) is 5. The van der Waals surface area contributed by atoms with Crippen molar-refractivity contribution in [3.63, 3.8) is 0 Å². The molecule has 5 nitrogen and oxygen atoms in total. The maximum atomic E-state index is 11.6. The van der Waals surface area contributed by atoms with Gasteiger partial charge in [0.1, 0.15) is 18.3 Å². The predicted octanol–water partition coefficient (Wildman–Crippen LogP) is -2.40. The van der Waals surface area contributed by atoms with E-state index in [0.717, 1.165) is 0 Å². The van der Waals surface area contributed by atoms with Gasteiger partial charge in [-0.15, -0.1) is 0 Å². The second kappa shape index (κ2) is 5.15. The standard InChI is InChI=1S/C6H11FO5/c7-1-3(9)5(11)6(12)4(10)2-8/h4-6,8,10-12H,1-2H2/t4-,5+,6-/m1/s1. The third kappa shape index (κ3) is 2.82. The van der Waals surface area contributed by atoms with Crippen molar-refractivity contribution in [2.24, 2.45) is 0 Å². The van der Waals surface area contributed by atoms with Gasteiger partial charge >= 0.3 is 0 Å². The van der Waals surface area contributed by atoms with Crippen LogP contribution in [0.4, 0.5) is 4.39 Å². The van der Waals surface area contributed by atoms with Gasteiger partial charge in [-0.2, -0.15) is 0 Å². The van der Waals surface area contributed by atoms with E-state index in [2.05, 4.69) is 0 Å². The summed E-state index contributed by atoms with van der Waals surface area (Å²) < 4.78 is 11.6. The van der Waals surface area contributed by atoms with Crippen molar-refractivity contribution in [3.05, 3.63) is 0 Å². The molecule has 0 saturated carbocycles. The van der Waals surface area contributed by atoms with E-state index in [4.69, 9.17) is 20.4 Å². The Morgan fingerprint density at radius 3 is 2.17 bits per heavy atom. The lowest BCUT2D eigenvalue weighted by molar-refractivity contribution is -0.140. The zero-order chi connectivity index (χ0) is 9.72. The number of carbonyl (C=O) groups excluding carboxylic acids is 1. The molecule has 0 aromatic heterocycles. The summed E-state index contributed by atoms with van der Waals surface area (Å²) in [5.74, 6) is -1.23. The first-order valence-corrected chi connectivity index (χ1v) is 3.28. The summed E-state index contributed by atoms with van der Waals surface area (Å²) in [4.78, 5) is 10.4. The van der Waals surface area contributed by atoms with Crippen molar-refractivity contribution >= 4 is 5.78 Å². The van der Waals surface area contributed by atoms with E-state index in [9.17, 15) is 9.18 Å². The van der Waals surface area contributed by atoms with Gasteiger partial charge in [-0.05, 0) is 0 Å². The van der Waals surface area contributed by atoms with Gasteiger partial charge in [-0.1, -0.05) is 0 Å². The smallest absolute Gasteiger partial charge is 0.194 e. The first-order valence-electron chi connectivity index (χ1n) is 3.28. The van der Waals surface area contributed by atoms with Crippen molar-refractivity contribution in [1.82, 2.24) is 0 Å². The molecule has 0 aliphatic heterocycles. The van der Waals surface area contributed by atoms with Crippen LogP contribution >= 0.6 is 0 Å². The Bertz CT molecular complexity index is 151. The van der Waals surface area contributed by atoms with E-state index in [0.29, 0.717) is 0 Å². The highest BCUT2D eigenvalue weighted by Gasteiger charge is 2.29. The number of carbonyl (C=O) groups is 1. The first-order chi connectivity index (χ1) is 5.54. The maximum Gasteiger partial charge on any atom is 0.194 e. The monoisotopic (exact) mass is 182 g/mol. The highest BCUT2D eigenvalue weighted by atomic mass is 19.1. The van der Waals surface area contributed by atoms with Crippen LogP contribution in [0.1, 0.15) is 0 Å². The Kier molecular flexibility index (Phi) is 4.91. The molecule has 0 heterocycles. The number of Topliss-reactive ketones (excluding diaryl/α,β-unsaturated/α-hetero) is 1. The van der Waals surface area contributed by atoms with Crippen LogP contribution in [0.5, 0.6) is 0 Å². The number of alkyl halides is 1. The maximum absolute atomic E-state index is 11.6. The van der Waals surface area contributed by atoms with Gasteiger partial charge in [-0.25, -0.2) is 4.39 Å². The summed E-state index contributed by atoms with van der Waals surface area (Å²) in [5.41, 5.74) is 0. The average Bonchev–Trinajstić information content (AvgIpc) is 2.12. The summed E-state index contributed by atoms with van der Waals surface area (Å²) in [7, 11) is 0. The summed E-state index contributed by atoms with van der Waals surface area (Å²) >= 11 is 0. The average molecular weight is 182 g/mol. The van der Waals surface area contributed by atoms with Crippen molar-refractivity contribution in [3.8, 4) is 0 Å². The van der Waals surface area contributed by atoms with Crippen LogP contribution in [0.3, 0.4) is 0 Å². The molecular formula is C6H11FO5. The van der Waals surface area contributed by atoms with Crippen molar-refractivity contribution in [2.45, 2.75) is 18.3 Å². The molecule has 0 aliphatic carbocycles. The minimum Gasteiger partial charge on any atom is -0.394 e. The van der Waals surface area contributed by atoms with Gasteiger partial charge in [0.05, 0.1) is 6.61 Å². The predicted molar refractivity (Wildman–Crippen MR) is 36.1 cm³/mol. The lowest BCUT2D eigenvalue weighted by Gasteiger charge is -2.19. The fraction of sp³-hybridized carbons (Fsp3) is 0.833. The first kappa shape index (κ1) is 11.4. The molecule has 72 valence electrons. The number of aliphatic hydroxyl groups is 4.